The van der Waals surface area contributed by atoms with Crippen LogP contribution in [-0.4, -0.2) is 20.6 Å². The van der Waals surface area contributed by atoms with Gasteiger partial charge in [-0.3, -0.25) is 4.79 Å². The van der Waals surface area contributed by atoms with Crippen molar-refractivity contribution in [1.29, 1.82) is 0 Å². The molecule has 0 aliphatic heterocycles. The summed E-state index contributed by atoms with van der Waals surface area (Å²) in [5, 5.41) is 2.94. The quantitative estimate of drug-likeness (QED) is 0.644. The molecule has 0 bridgehead atoms. The van der Waals surface area contributed by atoms with Crippen molar-refractivity contribution in [2.45, 2.75) is 11.4 Å². The van der Waals surface area contributed by atoms with Crippen LogP contribution in [0.3, 0.4) is 0 Å². The fraction of sp³-hybridized carbons (Fsp3) is 0.0952. The number of carbonyl (C=O) groups is 1. The molecule has 5 nitrogen and oxygen atoms in total. The number of sulfone groups is 1. The van der Waals surface area contributed by atoms with Gasteiger partial charge in [-0.1, -0.05) is 41.9 Å². The van der Waals surface area contributed by atoms with E-state index in [4.69, 9.17) is 16.3 Å². The van der Waals surface area contributed by atoms with Crippen molar-refractivity contribution in [1.82, 2.24) is 5.32 Å². The van der Waals surface area contributed by atoms with E-state index in [0.717, 1.165) is 11.8 Å². The lowest BCUT2D eigenvalue weighted by Gasteiger charge is -2.10. The number of halogens is 1. The predicted octanol–water partition coefficient (Wildman–Crippen LogP) is 4.47. The monoisotopic (exact) mass is 415 g/mol. The normalized spacial score (nSPS) is 11.1. The average Bonchev–Trinajstić information content (AvgIpc) is 2.67. The van der Waals surface area contributed by atoms with Crippen LogP contribution in [0.1, 0.15) is 15.9 Å². The molecule has 1 amide bonds. The molecule has 0 aliphatic rings. The van der Waals surface area contributed by atoms with Gasteiger partial charge in [-0.05, 0) is 48.0 Å². The Hall–Kier alpha value is -2.83. The van der Waals surface area contributed by atoms with Crippen molar-refractivity contribution in [3.63, 3.8) is 0 Å². The third-order valence-corrected chi connectivity index (χ3v) is 5.38. The van der Waals surface area contributed by atoms with Crippen molar-refractivity contribution in [3.05, 3.63) is 88.9 Å². The second-order valence-electron chi connectivity index (χ2n) is 6.16. The molecule has 3 aromatic carbocycles. The molecule has 0 saturated carbocycles. The third kappa shape index (κ3) is 5.12. The van der Waals surface area contributed by atoms with Gasteiger partial charge in [-0.2, -0.15) is 0 Å². The van der Waals surface area contributed by atoms with E-state index < -0.39 is 15.7 Å². The zero-order valence-corrected chi connectivity index (χ0v) is 16.6. The number of amides is 1. The van der Waals surface area contributed by atoms with Crippen LogP contribution in [0.15, 0.2) is 77.7 Å². The Morgan fingerprint density at radius 3 is 2.39 bits per heavy atom. The molecule has 3 rings (SSSR count). The van der Waals surface area contributed by atoms with Gasteiger partial charge in [0.25, 0.3) is 5.91 Å². The average molecular weight is 416 g/mol. The Labute approximate surface area is 168 Å². The predicted molar refractivity (Wildman–Crippen MR) is 109 cm³/mol. The zero-order valence-electron chi connectivity index (χ0n) is 15.1. The lowest BCUT2D eigenvalue weighted by Crippen LogP contribution is -2.23. The Morgan fingerprint density at radius 1 is 0.964 bits per heavy atom. The van der Waals surface area contributed by atoms with Crippen molar-refractivity contribution in [2.24, 2.45) is 0 Å². The van der Waals surface area contributed by atoms with Gasteiger partial charge < -0.3 is 10.1 Å². The van der Waals surface area contributed by atoms with E-state index >= 15 is 0 Å². The largest absolute Gasteiger partial charge is 0.457 e. The summed E-state index contributed by atoms with van der Waals surface area (Å²) in [6.45, 7) is 0.240. The van der Waals surface area contributed by atoms with Crippen molar-refractivity contribution in [3.8, 4) is 11.5 Å². The van der Waals surface area contributed by atoms with Gasteiger partial charge in [0.2, 0.25) is 0 Å². The standard InChI is InChI=1S/C21H18ClNO4S/c1-28(25,26)18-10-11-20(22)19(13-18)21(24)23-14-15-6-5-9-17(12-15)27-16-7-3-2-4-8-16/h2-13H,14H2,1H3,(H,23,24). The number of ether oxygens (including phenoxy) is 1. The molecule has 28 heavy (non-hydrogen) atoms. The first-order valence-corrected chi connectivity index (χ1v) is 10.7. The van der Waals surface area contributed by atoms with Gasteiger partial charge in [0, 0.05) is 12.8 Å². The highest BCUT2D eigenvalue weighted by molar-refractivity contribution is 7.90. The lowest BCUT2D eigenvalue weighted by molar-refractivity contribution is 0.0951. The smallest absolute Gasteiger partial charge is 0.253 e. The number of rotatable bonds is 6. The number of hydrogen-bond donors (Lipinski definition) is 1. The highest BCUT2D eigenvalue weighted by Crippen LogP contribution is 2.23. The van der Waals surface area contributed by atoms with Gasteiger partial charge in [0.15, 0.2) is 9.84 Å². The first-order chi connectivity index (χ1) is 13.3. The Balaban J connectivity index is 1.71. The SMILES string of the molecule is CS(=O)(=O)c1ccc(Cl)c(C(=O)NCc2cccc(Oc3ccccc3)c2)c1. The van der Waals surface area contributed by atoms with Crippen LogP contribution in [-0.2, 0) is 16.4 Å². The van der Waals surface area contributed by atoms with Crippen molar-refractivity contribution in [2.75, 3.05) is 6.26 Å². The number of para-hydroxylation sites is 1. The Bertz CT molecular complexity index is 1100. The molecule has 7 heteroatoms. The summed E-state index contributed by atoms with van der Waals surface area (Å²) in [6, 6.07) is 20.8. The maximum Gasteiger partial charge on any atom is 0.253 e. The minimum absolute atomic E-state index is 0.0420. The van der Waals surface area contributed by atoms with Gasteiger partial charge in [-0.25, -0.2) is 8.42 Å². The summed E-state index contributed by atoms with van der Waals surface area (Å²) >= 11 is 6.06. The Morgan fingerprint density at radius 2 is 1.68 bits per heavy atom. The van der Waals surface area contributed by atoms with Crippen molar-refractivity contribution < 1.29 is 17.9 Å². The maximum absolute atomic E-state index is 12.5. The molecule has 0 atom stereocenters. The molecule has 1 N–H and O–H groups in total. The van der Waals surface area contributed by atoms with Crippen LogP contribution in [0.5, 0.6) is 11.5 Å². The molecule has 3 aromatic rings. The van der Waals surface area contributed by atoms with Gasteiger partial charge in [-0.15, -0.1) is 0 Å². The van der Waals surface area contributed by atoms with E-state index in [1.54, 1.807) is 0 Å². The molecule has 0 aromatic heterocycles. The minimum atomic E-state index is -3.43. The molecule has 0 radical (unpaired) electrons. The third-order valence-electron chi connectivity index (χ3n) is 3.94. The molecule has 0 fully saturated rings. The highest BCUT2D eigenvalue weighted by Gasteiger charge is 2.15. The van der Waals surface area contributed by atoms with E-state index in [0.29, 0.717) is 11.5 Å². The van der Waals surface area contributed by atoms with Crippen LogP contribution in [0.2, 0.25) is 5.02 Å². The van der Waals surface area contributed by atoms with Crippen LogP contribution < -0.4 is 10.1 Å². The first-order valence-electron chi connectivity index (χ1n) is 8.42. The van der Waals surface area contributed by atoms with Crippen LogP contribution >= 0.6 is 11.6 Å². The summed E-state index contributed by atoms with van der Waals surface area (Å²) in [7, 11) is -3.43. The second kappa shape index (κ2) is 8.46. The highest BCUT2D eigenvalue weighted by atomic mass is 35.5. The van der Waals surface area contributed by atoms with E-state index in [2.05, 4.69) is 5.32 Å². The summed E-state index contributed by atoms with van der Waals surface area (Å²) in [6.07, 6.45) is 1.08. The maximum atomic E-state index is 12.5. The summed E-state index contributed by atoms with van der Waals surface area (Å²) in [5.74, 6) is 0.910. The number of hydrogen-bond acceptors (Lipinski definition) is 4. The minimum Gasteiger partial charge on any atom is -0.457 e. The fourth-order valence-electron chi connectivity index (χ4n) is 2.53. The first kappa shape index (κ1) is 19.9. The summed E-state index contributed by atoms with van der Waals surface area (Å²) in [4.78, 5) is 12.5. The van der Waals surface area contributed by atoms with Crippen molar-refractivity contribution >= 4 is 27.3 Å². The summed E-state index contributed by atoms with van der Waals surface area (Å²) < 4.78 is 29.2. The molecular weight excluding hydrogens is 398 g/mol. The number of carbonyl (C=O) groups excluding carboxylic acids is 1. The molecular formula is C21H18ClNO4S. The number of benzene rings is 3. The van der Waals surface area contributed by atoms with E-state index in [9.17, 15) is 13.2 Å². The van der Waals surface area contributed by atoms with Crippen LogP contribution in [0.25, 0.3) is 0 Å². The van der Waals surface area contributed by atoms with Gasteiger partial charge in [0.05, 0.1) is 15.5 Å². The van der Waals surface area contributed by atoms with E-state index in [-0.39, 0.29) is 22.0 Å². The zero-order chi connectivity index (χ0) is 20.1. The second-order valence-corrected chi connectivity index (χ2v) is 8.58. The Kier molecular flexibility index (Phi) is 6.02. The van der Waals surface area contributed by atoms with Gasteiger partial charge >= 0.3 is 0 Å². The van der Waals surface area contributed by atoms with Crippen LogP contribution in [0, 0.1) is 0 Å². The topological polar surface area (TPSA) is 72.5 Å². The molecule has 0 aliphatic carbocycles. The molecule has 0 spiro atoms. The summed E-state index contributed by atoms with van der Waals surface area (Å²) in [5.41, 5.74) is 0.943. The molecule has 0 unspecified atom stereocenters. The fourth-order valence-corrected chi connectivity index (χ4v) is 3.38. The van der Waals surface area contributed by atoms with E-state index in [1.807, 2.05) is 54.6 Å². The molecule has 0 saturated heterocycles. The van der Waals surface area contributed by atoms with Gasteiger partial charge in [0.1, 0.15) is 11.5 Å². The lowest BCUT2D eigenvalue weighted by atomic mass is 10.2. The number of nitrogens with one attached hydrogen (secondary N) is 1. The molecule has 0 heterocycles. The van der Waals surface area contributed by atoms with Crippen LogP contribution in [0.4, 0.5) is 0 Å². The van der Waals surface area contributed by atoms with E-state index in [1.165, 1.54) is 18.2 Å². The molecule has 144 valence electrons.